The molecule has 4 rings (SSSR count). The van der Waals surface area contributed by atoms with Crippen LogP contribution in [0.25, 0.3) is 10.9 Å². The third-order valence-corrected chi connectivity index (χ3v) is 5.82. The van der Waals surface area contributed by atoms with E-state index in [1.165, 1.54) is 4.57 Å². The van der Waals surface area contributed by atoms with Gasteiger partial charge in [-0.3, -0.25) is 19.1 Å². The molecule has 162 valence electrons. The number of methoxy groups -OCH3 is 2. The van der Waals surface area contributed by atoms with E-state index in [1.807, 2.05) is 23.1 Å². The average molecular weight is 423 g/mol. The summed E-state index contributed by atoms with van der Waals surface area (Å²) in [5.41, 5.74) is 0.507. The van der Waals surface area contributed by atoms with Crippen LogP contribution in [0.4, 0.5) is 0 Å². The Kier molecular flexibility index (Phi) is 5.79. The molecule has 0 aliphatic carbocycles. The first-order chi connectivity index (χ1) is 15.0. The number of para-hydroxylation sites is 1. The Hall–Kier alpha value is -3.55. The molecule has 1 amide bonds. The molecule has 0 saturated carbocycles. The second-order valence-corrected chi connectivity index (χ2v) is 7.53. The summed E-state index contributed by atoms with van der Waals surface area (Å²) in [5.74, 6) is 1.38. The van der Waals surface area contributed by atoms with Crippen LogP contribution < -0.4 is 20.7 Å². The summed E-state index contributed by atoms with van der Waals surface area (Å²) in [6, 6.07) is 12.4. The first-order valence-corrected chi connectivity index (χ1v) is 10.3. The molecule has 2 aromatic carbocycles. The zero-order chi connectivity index (χ0) is 22.0. The number of carbonyl (C=O) groups is 1. The van der Waals surface area contributed by atoms with E-state index in [-0.39, 0.29) is 24.9 Å². The second-order valence-electron chi connectivity index (χ2n) is 7.53. The molecule has 8 heteroatoms. The number of likely N-dealkylation sites (tertiary alicyclic amines) is 1. The molecule has 31 heavy (non-hydrogen) atoms. The predicted octanol–water partition coefficient (Wildman–Crippen LogP) is 2.46. The van der Waals surface area contributed by atoms with E-state index in [0.29, 0.717) is 28.9 Å². The van der Waals surface area contributed by atoms with Crippen LogP contribution in [0.3, 0.4) is 0 Å². The highest BCUT2D eigenvalue weighted by Gasteiger charge is 2.32. The van der Waals surface area contributed by atoms with Gasteiger partial charge in [0.1, 0.15) is 11.5 Å². The molecule has 8 nitrogen and oxygen atoms in total. The summed E-state index contributed by atoms with van der Waals surface area (Å²) in [6.07, 6.45) is 1.87. The molecular weight excluding hydrogens is 398 g/mol. The third kappa shape index (κ3) is 3.93. The fourth-order valence-corrected chi connectivity index (χ4v) is 4.30. The Balaban J connectivity index is 1.58. The van der Waals surface area contributed by atoms with Crippen LogP contribution in [0.5, 0.6) is 11.5 Å². The largest absolute Gasteiger partial charge is 0.497 e. The minimum atomic E-state index is -0.510. The number of hydrogen-bond donors (Lipinski definition) is 1. The summed E-state index contributed by atoms with van der Waals surface area (Å²) < 4.78 is 12.3. The van der Waals surface area contributed by atoms with E-state index in [2.05, 4.69) is 4.98 Å². The van der Waals surface area contributed by atoms with Crippen molar-refractivity contribution in [1.29, 1.82) is 0 Å². The lowest BCUT2D eigenvalue weighted by atomic mass is 10.0. The summed E-state index contributed by atoms with van der Waals surface area (Å²) in [6.45, 7) is 0.832. The summed E-state index contributed by atoms with van der Waals surface area (Å²) >= 11 is 0. The highest BCUT2D eigenvalue weighted by Crippen LogP contribution is 2.39. The standard InChI is InChI=1S/C23H25N3O5/c1-30-15-9-10-20(31-2)17(14-15)19-8-5-12-25(19)21(27)11-13-26-18-7-4-3-6-16(18)22(28)24-23(26)29/h3-4,6-7,9-10,14,19H,5,8,11-13H2,1-2H3,(H,24,28,29). The van der Waals surface area contributed by atoms with Gasteiger partial charge in [-0.05, 0) is 43.2 Å². The minimum Gasteiger partial charge on any atom is -0.497 e. The number of aromatic amines is 1. The van der Waals surface area contributed by atoms with Crippen molar-refractivity contribution in [2.45, 2.75) is 31.8 Å². The number of amides is 1. The zero-order valence-electron chi connectivity index (χ0n) is 17.6. The van der Waals surface area contributed by atoms with Crippen LogP contribution in [0, 0.1) is 0 Å². The van der Waals surface area contributed by atoms with E-state index in [1.54, 1.807) is 38.5 Å². The van der Waals surface area contributed by atoms with E-state index in [0.717, 1.165) is 18.4 Å². The van der Waals surface area contributed by atoms with Crippen molar-refractivity contribution in [1.82, 2.24) is 14.5 Å². The average Bonchev–Trinajstić information content (AvgIpc) is 3.28. The number of carbonyl (C=O) groups excluding carboxylic acids is 1. The first kappa shape index (κ1) is 20.7. The second kappa shape index (κ2) is 8.67. The van der Waals surface area contributed by atoms with Gasteiger partial charge in [-0.15, -0.1) is 0 Å². The molecule has 3 aromatic rings. The fourth-order valence-electron chi connectivity index (χ4n) is 4.30. The molecule has 1 aliphatic heterocycles. The highest BCUT2D eigenvalue weighted by molar-refractivity contribution is 5.79. The van der Waals surface area contributed by atoms with E-state index < -0.39 is 11.2 Å². The summed E-state index contributed by atoms with van der Waals surface area (Å²) in [7, 11) is 3.22. The molecular formula is C23H25N3O5. The Bertz CT molecular complexity index is 1230. The van der Waals surface area contributed by atoms with Crippen LogP contribution in [-0.2, 0) is 11.3 Å². The lowest BCUT2D eigenvalue weighted by Crippen LogP contribution is -2.34. The minimum absolute atomic E-state index is 0.0467. The number of nitrogens with one attached hydrogen (secondary N) is 1. The Morgan fingerprint density at radius 3 is 2.71 bits per heavy atom. The predicted molar refractivity (Wildman–Crippen MR) is 117 cm³/mol. The fraction of sp³-hybridized carbons (Fsp3) is 0.348. The number of nitrogens with zero attached hydrogens (tertiary/aromatic N) is 2. The van der Waals surface area contributed by atoms with E-state index in [9.17, 15) is 14.4 Å². The summed E-state index contributed by atoms with van der Waals surface area (Å²) in [4.78, 5) is 41.7. The van der Waals surface area contributed by atoms with Crippen LogP contribution in [0.2, 0.25) is 0 Å². The first-order valence-electron chi connectivity index (χ1n) is 10.3. The zero-order valence-corrected chi connectivity index (χ0v) is 17.6. The Morgan fingerprint density at radius 1 is 1.13 bits per heavy atom. The molecule has 0 bridgehead atoms. The molecule has 1 atom stereocenters. The monoisotopic (exact) mass is 423 g/mol. The number of ether oxygens (including phenoxy) is 2. The lowest BCUT2D eigenvalue weighted by Gasteiger charge is -2.27. The molecule has 1 fully saturated rings. The van der Waals surface area contributed by atoms with Gasteiger partial charge < -0.3 is 14.4 Å². The molecule has 1 saturated heterocycles. The van der Waals surface area contributed by atoms with Gasteiger partial charge in [-0.1, -0.05) is 12.1 Å². The lowest BCUT2D eigenvalue weighted by molar-refractivity contribution is -0.132. The quantitative estimate of drug-likeness (QED) is 0.657. The number of rotatable bonds is 6. The number of H-pyrrole nitrogens is 1. The van der Waals surface area contributed by atoms with Crippen molar-refractivity contribution in [2.75, 3.05) is 20.8 Å². The van der Waals surface area contributed by atoms with Gasteiger partial charge in [0.2, 0.25) is 5.91 Å². The van der Waals surface area contributed by atoms with Crippen molar-refractivity contribution < 1.29 is 14.3 Å². The topological polar surface area (TPSA) is 93.6 Å². The molecule has 0 radical (unpaired) electrons. The van der Waals surface area contributed by atoms with Crippen LogP contribution >= 0.6 is 0 Å². The maximum Gasteiger partial charge on any atom is 0.328 e. The molecule has 1 unspecified atom stereocenters. The van der Waals surface area contributed by atoms with Crippen molar-refractivity contribution in [3.05, 3.63) is 68.9 Å². The van der Waals surface area contributed by atoms with Gasteiger partial charge in [0, 0.05) is 25.1 Å². The van der Waals surface area contributed by atoms with Crippen molar-refractivity contribution in [2.24, 2.45) is 0 Å². The van der Waals surface area contributed by atoms with Gasteiger partial charge >= 0.3 is 5.69 Å². The van der Waals surface area contributed by atoms with Crippen LogP contribution in [0.1, 0.15) is 30.9 Å². The number of benzene rings is 2. The van der Waals surface area contributed by atoms with Crippen molar-refractivity contribution in [3.63, 3.8) is 0 Å². The van der Waals surface area contributed by atoms with Crippen LogP contribution in [-0.4, -0.2) is 41.1 Å². The van der Waals surface area contributed by atoms with Gasteiger partial charge in [-0.25, -0.2) is 4.79 Å². The highest BCUT2D eigenvalue weighted by atomic mass is 16.5. The van der Waals surface area contributed by atoms with Gasteiger partial charge in [-0.2, -0.15) is 0 Å². The van der Waals surface area contributed by atoms with E-state index >= 15 is 0 Å². The molecule has 1 aromatic heterocycles. The molecule has 0 spiro atoms. The maximum atomic E-state index is 13.1. The van der Waals surface area contributed by atoms with E-state index in [4.69, 9.17) is 9.47 Å². The molecule has 1 aliphatic rings. The number of aryl methyl sites for hydroxylation is 1. The SMILES string of the molecule is COc1ccc(OC)c(C2CCCN2C(=O)CCn2c(=O)[nH]c(=O)c3ccccc32)c1. The van der Waals surface area contributed by atoms with Gasteiger partial charge in [0.25, 0.3) is 5.56 Å². The summed E-state index contributed by atoms with van der Waals surface area (Å²) in [5, 5.41) is 0.426. The number of fused-ring (bicyclic) bond motifs is 1. The normalized spacial score (nSPS) is 15.9. The number of hydrogen-bond acceptors (Lipinski definition) is 5. The Morgan fingerprint density at radius 2 is 1.94 bits per heavy atom. The van der Waals surface area contributed by atoms with Gasteiger partial charge in [0.15, 0.2) is 0 Å². The number of aromatic nitrogens is 2. The van der Waals surface area contributed by atoms with Crippen LogP contribution in [0.15, 0.2) is 52.1 Å². The van der Waals surface area contributed by atoms with Crippen molar-refractivity contribution >= 4 is 16.8 Å². The molecule has 1 N–H and O–H groups in total. The Labute approximate surface area is 179 Å². The third-order valence-electron chi connectivity index (χ3n) is 5.82. The maximum absolute atomic E-state index is 13.1. The smallest absolute Gasteiger partial charge is 0.328 e. The molecule has 2 heterocycles. The van der Waals surface area contributed by atoms with Crippen molar-refractivity contribution in [3.8, 4) is 11.5 Å². The van der Waals surface area contributed by atoms with Gasteiger partial charge in [0.05, 0.1) is 31.2 Å².